The number of aromatic nitrogens is 1. The van der Waals surface area contributed by atoms with Crippen LogP contribution in [0, 0.1) is 0 Å². The fourth-order valence-corrected chi connectivity index (χ4v) is 7.69. The van der Waals surface area contributed by atoms with E-state index in [0.717, 1.165) is 22.1 Å². The number of furan rings is 1. The maximum Gasteiger partial charge on any atom is 0.177 e. The van der Waals surface area contributed by atoms with E-state index in [-0.39, 0.29) is 60.8 Å². The van der Waals surface area contributed by atoms with Crippen LogP contribution in [0.4, 0.5) is 17.1 Å². The predicted molar refractivity (Wildman–Crippen MR) is 244 cm³/mol. The molecule has 12 rings (SSSR count). The molecule has 0 spiro atoms. The predicted octanol–water partition coefficient (Wildman–Crippen LogP) is 14.8. The third kappa shape index (κ3) is 5.38. The standard InChI is InChI=1S/C55H36N2O2/c58-53-33-41(36-13-5-2-6-14-36)32-48-47-34-44(25-28-54(47)59-55(48)53)57-49-17-9-7-15-40(49)30-42-29-38(21-26-50(42)57)39-22-27-52-46(31-39)45-16-8-10-18-51(45)56(52)43-23-19-37(20-24-43)35-11-3-1-4-12-35/h1-29,31-34,58H,30H2/i2D,5D,6D,7D,8D,9D,10D,13D,14D,15D,16D,17D,18D,21D,22D,25D,27D,28D,29D,31D,32D,33D. The lowest BCUT2D eigenvalue weighted by Crippen LogP contribution is -2.18. The normalized spacial score (nSPS) is 17.6. The molecular weight excluding hydrogens is 721 g/mol. The van der Waals surface area contributed by atoms with Gasteiger partial charge in [0.05, 0.1) is 41.2 Å². The molecular formula is C55H36N2O2. The molecule has 4 nitrogen and oxygen atoms in total. The van der Waals surface area contributed by atoms with E-state index >= 15 is 0 Å². The molecule has 2 aromatic heterocycles. The zero-order chi connectivity index (χ0) is 58.2. The minimum Gasteiger partial charge on any atom is -0.504 e. The van der Waals surface area contributed by atoms with Crippen molar-refractivity contribution in [2.75, 3.05) is 4.90 Å². The quantitative estimate of drug-likeness (QED) is 0.189. The van der Waals surface area contributed by atoms with Crippen molar-refractivity contribution in [2.45, 2.75) is 6.42 Å². The van der Waals surface area contributed by atoms with Gasteiger partial charge in [0.1, 0.15) is 5.58 Å². The Morgan fingerprint density at radius 3 is 2.10 bits per heavy atom. The molecule has 0 bridgehead atoms. The fraction of sp³-hybridized carbons (Fsp3) is 0.0182. The van der Waals surface area contributed by atoms with Gasteiger partial charge in [0.2, 0.25) is 0 Å². The molecule has 0 saturated carbocycles. The molecule has 1 aliphatic rings. The van der Waals surface area contributed by atoms with Gasteiger partial charge >= 0.3 is 0 Å². The highest BCUT2D eigenvalue weighted by atomic mass is 16.4. The van der Waals surface area contributed by atoms with Gasteiger partial charge in [0.15, 0.2) is 11.3 Å². The van der Waals surface area contributed by atoms with Gasteiger partial charge in [0.25, 0.3) is 0 Å². The van der Waals surface area contributed by atoms with Gasteiger partial charge < -0.3 is 19.0 Å². The number of phenols is 1. The molecule has 0 saturated heterocycles. The first kappa shape index (κ1) is 18.2. The van der Waals surface area contributed by atoms with E-state index in [4.69, 9.17) is 20.9 Å². The number of hydrogen-bond acceptors (Lipinski definition) is 3. The topological polar surface area (TPSA) is 41.5 Å². The summed E-state index contributed by atoms with van der Waals surface area (Å²) in [6.45, 7) is 0. The molecule has 11 aromatic rings. The van der Waals surface area contributed by atoms with Crippen LogP contribution in [0.1, 0.15) is 41.3 Å². The summed E-state index contributed by atoms with van der Waals surface area (Å²) in [7, 11) is 0. The average molecular weight is 779 g/mol. The van der Waals surface area contributed by atoms with E-state index in [0.29, 0.717) is 5.69 Å². The molecule has 0 radical (unpaired) electrons. The first-order chi connectivity index (χ1) is 38.3. The number of hydrogen-bond donors (Lipinski definition) is 1. The summed E-state index contributed by atoms with van der Waals surface area (Å²) in [4.78, 5) is 1.12. The Morgan fingerprint density at radius 1 is 0.475 bits per heavy atom. The van der Waals surface area contributed by atoms with Crippen LogP contribution in [0.25, 0.3) is 82.8 Å². The lowest BCUT2D eigenvalue weighted by Gasteiger charge is -2.34. The second-order valence-corrected chi connectivity index (χ2v) is 13.7. The zero-order valence-electron chi connectivity index (χ0n) is 52.3. The summed E-state index contributed by atoms with van der Waals surface area (Å²) in [6, 6.07) is 3.89. The van der Waals surface area contributed by atoms with Crippen LogP contribution in [0.2, 0.25) is 0 Å². The number of benzene rings is 9. The fourth-order valence-electron chi connectivity index (χ4n) is 7.69. The summed E-state index contributed by atoms with van der Waals surface area (Å²) in [5.74, 6) is -0.946. The van der Waals surface area contributed by atoms with Crippen molar-refractivity contribution in [2.24, 2.45) is 0 Å². The van der Waals surface area contributed by atoms with E-state index in [1.54, 1.807) is 24.3 Å². The molecule has 59 heavy (non-hydrogen) atoms. The summed E-state index contributed by atoms with van der Waals surface area (Å²) in [6.07, 6.45) is -0.455. The van der Waals surface area contributed by atoms with Gasteiger partial charge in [-0.2, -0.15) is 0 Å². The number of phenolic OH excluding ortho intramolecular Hbond substituents is 1. The minimum atomic E-state index is -0.946. The first-order valence-corrected chi connectivity index (χ1v) is 18.3. The van der Waals surface area contributed by atoms with Crippen molar-refractivity contribution >= 4 is 60.8 Å². The Hall–Kier alpha value is -7.82. The van der Waals surface area contributed by atoms with Crippen LogP contribution in [0.15, 0.2) is 204 Å². The van der Waals surface area contributed by atoms with Crippen LogP contribution >= 0.6 is 0 Å². The van der Waals surface area contributed by atoms with Gasteiger partial charge in [-0.1, -0.05) is 121 Å². The number of fused-ring (bicyclic) bond motifs is 8. The Labute approximate surface area is 372 Å². The lowest BCUT2D eigenvalue weighted by molar-refractivity contribution is 0.469. The van der Waals surface area contributed by atoms with Gasteiger partial charge in [-0.05, 0) is 123 Å². The molecule has 0 amide bonds. The Balaban J connectivity index is 1.13. The summed E-state index contributed by atoms with van der Waals surface area (Å²) >= 11 is 0. The monoisotopic (exact) mass is 778 g/mol. The third-order valence-corrected chi connectivity index (χ3v) is 10.4. The number of anilines is 3. The van der Waals surface area contributed by atoms with Crippen LogP contribution in [-0.4, -0.2) is 9.67 Å². The average Bonchev–Trinajstić information content (AvgIpc) is 4.00. The highest BCUT2D eigenvalue weighted by molar-refractivity contribution is 6.11. The molecule has 278 valence electrons. The third-order valence-electron chi connectivity index (χ3n) is 10.4. The Morgan fingerprint density at radius 2 is 1.22 bits per heavy atom. The van der Waals surface area contributed by atoms with Crippen LogP contribution < -0.4 is 4.90 Å². The highest BCUT2D eigenvalue weighted by Crippen LogP contribution is 2.47. The minimum absolute atomic E-state index is 0.0870. The first-order valence-electron chi connectivity index (χ1n) is 29.3. The van der Waals surface area contributed by atoms with Gasteiger partial charge in [-0.25, -0.2) is 0 Å². The Kier molecular flexibility index (Phi) is 4.04. The van der Waals surface area contributed by atoms with Gasteiger partial charge in [0, 0.05) is 50.7 Å². The summed E-state index contributed by atoms with van der Waals surface area (Å²) < 4.78 is 207. The van der Waals surface area contributed by atoms with E-state index in [1.165, 1.54) is 10.6 Å². The molecule has 3 heterocycles. The summed E-state index contributed by atoms with van der Waals surface area (Å²) in [5, 5.41) is 10.6. The second-order valence-electron chi connectivity index (χ2n) is 13.7. The van der Waals surface area contributed by atoms with Gasteiger partial charge in [-0.15, -0.1) is 0 Å². The lowest BCUT2D eigenvalue weighted by atomic mass is 9.91. The molecule has 4 heteroatoms. The zero-order valence-corrected chi connectivity index (χ0v) is 30.3. The number of rotatable bonds is 5. The highest BCUT2D eigenvalue weighted by Gasteiger charge is 2.26. The molecule has 1 aliphatic heterocycles. The van der Waals surface area contributed by atoms with Gasteiger partial charge in [-0.3, -0.25) is 0 Å². The van der Waals surface area contributed by atoms with E-state index < -0.39 is 179 Å². The molecule has 0 fully saturated rings. The molecule has 0 unspecified atom stereocenters. The van der Waals surface area contributed by atoms with Crippen molar-refractivity contribution in [1.29, 1.82) is 0 Å². The number of nitrogens with zero attached hydrogens (tertiary/aromatic N) is 2. The van der Waals surface area contributed by atoms with E-state index in [1.807, 2.05) is 30.3 Å². The van der Waals surface area contributed by atoms with Crippen molar-refractivity contribution in [3.8, 4) is 44.8 Å². The van der Waals surface area contributed by atoms with Crippen molar-refractivity contribution in [3.05, 3.63) is 211 Å². The Bertz CT molecular complexity index is 4680. The molecule has 0 aliphatic carbocycles. The van der Waals surface area contributed by atoms with Crippen molar-refractivity contribution < 1.29 is 39.7 Å². The number of aromatic hydroxyl groups is 1. The van der Waals surface area contributed by atoms with Crippen LogP contribution in [0.5, 0.6) is 5.75 Å². The van der Waals surface area contributed by atoms with Crippen LogP contribution in [0.3, 0.4) is 0 Å². The molecule has 0 atom stereocenters. The van der Waals surface area contributed by atoms with E-state index in [2.05, 4.69) is 0 Å². The van der Waals surface area contributed by atoms with E-state index in [9.17, 15) is 18.8 Å². The second kappa shape index (κ2) is 13.1. The molecule has 1 N–H and O–H groups in total. The maximum absolute atomic E-state index is 11.5. The summed E-state index contributed by atoms with van der Waals surface area (Å²) in [5.41, 5.74) is -2.26. The number of para-hydroxylation sites is 2. The smallest absolute Gasteiger partial charge is 0.177 e. The van der Waals surface area contributed by atoms with Crippen molar-refractivity contribution in [3.63, 3.8) is 0 Å². The largest absolute Gasteiger partial charge is 0.504 e. The van der Waals surface area contributed by atoms with Crippen LogP contribution in [-0.2, 0) is 6.42 Å². The maximum atomic E-state index is 11.5. The van der Waals surface area contributed by atoms with Crippen molar-refractivity contribution in [1.82, 2.24) is 4.57 Å². The molecule has 9 aromatic carbocycles. The SMILES string of the molecule is [2H]c1cc2c(c([2H])c1-c1c([2H])c([2H])c3c(c1[2H])c1c([2H])c([2H])c([2H])c([2H])c1n3-c1ccc(-c3ccccc3)cc1)Cc1c([2H])c([2H])c([2H])c([2H])c1N2c1cc2c(oc3c(O)c([2H])c(-c4c([2H])c([2H])c([2H])c([2H])c4[2H])c([2H])c32)c([2H])c1[2H].